The Morgan fingerprint density at radius 3 is 2.70 bits per heavy atom. The average Bonchev–Trinajstić information content (AvgIpc) is 2.82. The molecule has 2 aromatic rings. The molecular formula is C13H13N3O3S. The van der Waals surface area contributed by atoms with Gasteiger partial charge in [-0.3, -0.25) is 4.31 Å². The molecule has 0 saturated carbocycles. The Hall–Kier alpha value is -2.33. The molecule has 0 aliphatic heterocycles. The Balaban J connectivity index is 2.32. The van der Waals surface area contributed by atoms with Crippen LogP contribution in [0.1, 0.15) is 17.0 Å². The van der Waals surface area contributed by atoms with Gasteiger partial charge in [-0.15, -0.1) is 0 Å². The van der Waals surface area contributed by atoms with Crippen molar-refractivity contribution in [1.29, 1.82) is 5.26 Å². The molecule has 0 saturated heterocycles. The molecule has 0 aliphatic rings. The quantitative estimate of drug-likeness (QED) is 0.857. The molecule has 0 unspecified atom stereocenters. The summed E-state index contributed by atoms with van der Waals surface area (Å²) in [6.45, 7) is 1.69. The molecule has 0 bridgehead atoms. The van der Waals surface area contributed by atoms with Crippen LogP contribution in [0.3, 0.4) is 0 Å². The van der Waals surface area contributed by atoms with Crippen LogP contribution in [0.15, 0.2) is 34.9 Å². The van der Waals surface area contributed by atoms with Gasteiger partial charge in [0.1, 0.15) is 23.3 Å². The maximum Gasteiger partial charge on any atom is 0.240 e. The van der Waals surface area contributed by atoms with Gasteiger partial charge in [0, 0.05) is 13.1 Å². The average molecular weight is 291 g/mol. The zero-order chi connectivity index (χ0) is 14.8. The van der Waals surface area contributed by atoms with Crippen molar-refractivity contribution in [1.82, 2.24) is 5.16 Å². The first-order valence-corrected chi connectivity index (χ1v) is 7.43. The van der Waals surface area contributed by atoms with Gasteiger partial charge in [-0.1, -0.05) is 17.3 Å². The Bertz CT molecular complexity index is 759. The van der Waals surface area contributed by atoms with Crippen LogP contribution >= 0.6 is 0 Å². The summed E-state index contributed by atoms with van der Waals surface area (Å²) in [5.41, 5.74) is 0.980. The van der Waals surface area contributed by atoms with E-state index in [1.54, 1.807) is 37.3 Å². The second kappa shape index (κ2) is 5.35. The van der Waals surface area contributed by atoms with Crippen LogP contribution in [0.25, 0.3) is 0 Å². The molecule has 2 rings (SSSR count). The highest BCUT2D eigenvalue weighted by atomic mass is 32.2. The molecule has 20 heavy (non-hydrogen) atoms. The number of sulfonamides is 1. The number of aromatic nitrogens is 1. The van der Waals surface area contributed by atoms with Crippen LogP contribution in [0.2, 0.25) is 0 Å². The Morgan fingerprint density at radius 2 is 2.10 bits per heavy atom. The molecular weight excluding hydrogens is 278 g/mol. The van der Waals surface area contributed by atoms with Crippen molar-refractivity contribution in [2.45, 2.75) is 12.7 Å². The Kier molecular flexibility index (Phi) is 3.77. The summed E-state index contributed by atoms with van der Waals surface area (Å²) in [5.74, 6) is 0.274. The van der Waals surface area contributed by atoms with Gasteiger partial charge < -0.3 is 4.52 Å². The maximum absolute atomic E-state index is 12.3. The first kappa shape index (κ1) is 14.1. The van der Waals surface area contributed by atoms with E-state index in [0.717, 1.165) is 4.31 Å². The summed E-state index contributed by atoms with van der Waals surface area (Å²) in [7, 11) is -2.21. The zero-order valence-electron chi connectivity index (χ0n) is 11.1. The third-order valence-corrected chi connectivity index (χ3v) is 4.48. The summed E-state index contributed by atoms with van der Waals surface area (Å²) in [6, 6.07) is 10.1. The number of anilines is 1. The van der Waals surface area contributed by atoms with Crippen LogP contribution in [0, 0.1) is 18.3 Å². The monoisotopic (exact) mass is 291 g/mol. The lowest BCUT2D eigenvalue weighted by Crippen LogP contribution is -2.28. The van der Waals surface area contributed by atoms with Crippen molar-refractivity contribution in [2.75, 3.05) is 11.4 Å². The Labute approximate surface area is 117 Å². The van der Waals surface area contributed by atoms with Gasteiger partial charge in [-0.2, -0.15) is 5.26 Å². The van der Waals surface area contributed by atoms with Gasteiger partial charge in [0.15, 0.2) is 0 Å². The molecule has 1 aromatic heterocycles. The van der Waals surface area contributed by atoms with E-state index in [9.17, 15) is 8.42 Å². The predicted molar refractivity (Wildman–Crippen MR) is 73.4 cm³/mol. The van der Waals surface area contributed by atoms with Gasteiger partial charge in [-0.25, -0.2) is 8.42 Å². The van der Waals surface area contributed by atoms with Gasteiger partial charge in [0.05, 0.1) is 11.3 Å². The standard InChI is InChI=1S/C13H13N3O3S/c1-10-7-12(15-19-10)9-20(17,18)16(2)13-6-4-3-5-11(13)8-14/h3-7H,9H2,1-2H3. The molecule has 6 nitrogen and oxygen atoms in total. The normalized spacial score (nSPS) is 11.1. The number of hydrogen-bond donors (Lipinski definition) is 0. The lowest BCUT2D eigenvalue weighted by atomic mass is 10.2. The summed E-state index contributed by atoms with van der Waals surface area (Å²) in [5, 5.41) is 12.7. The lowest BCUT2D eigenvalue weighted by molar-refractivity contribution is 0.392. The molecule has 1 aromatic carbocycles. The molecule has 0 amide bonds. The molecule has 0 N–H and O–H groups in total. The first-order chi connectivity index (χ1) is 9.44. The summed E-state index contributed by atoms with van der Waals surface area (Å²) in [4.78, 5) is 0. The SMILES string of the molecule is Cc1cc(CS(=O)(=O)N(C)c2ccccc2C#N)no1. The van der Waals surface area contributed by atoms with Crippen LogP contribution in [-0.4, -0.2) is 20.6 Å². The van der Waals surface area contributed by atoms with E-state index in [1.807, 2.05) is 6.07 Å². The number of hydrogen-bond acceptors (Lipinski definition) is 5. The van der Waals surface area contributed by atoms with E-state index in [4.69, 9.17) is 9.78 Å². The van der Waals surface area contributed by atoms with E-state index in [0.29, 0.717) is 22.7 Å². The van der Waals surface area contributed by atoms with Crippen LogP contribution in [0.4, 0.5) is 5.69 Å². The minimum atomic E-state index is -3.63. The number of nitrogens with zero attached hydrogens (tertiary/aromatic N) is 3. The topological polar surface area (TPSA) is 87.2 Å². The largest absolute Gasteiger partial charge is 0.361 e. The first-order valence-electron chi connectivity index (χ1n) is 5.82. The van der Waals surface area contributed by atoms with Crippen LogP contribution in [-0.2, 0) is 15.8 Å². The number of nitriles is 1. The van der Waals surface area contributed by atoms with Gasteiger partial charge in [0.25, 0.3) is 0 Å². The molecule has 0 spiro atoms. The molecule has 0 atom stereocenters. The highest BCUT2D eigenvalue weighted by molar-refractivity contribution is 7.92. The number of para-hydroxylation sites is 1. The van der Waals surface area contributed by atoms with Crippen molar-refractivity contribution in [3.8, 4) is 6.07 Å². The van der Waals surface area contributed by atoms with E-state index < -0.39 is 10.0 Å². The van der Waals surface area contributed by atoms with Crippen molar-refractivity contribution in [3.05, 3.63) is 47.3 Å². The van der Waals surface area contributed by atoms with Gasteiger partial charge >= 0.3 is 0 Å². The summed E-state index contributed by atoms with van der Waals surface area (Å²) >= 11 is 0. The number of aryl methyl sites for hydroxylation is 1. The van der Waals surface area contributed by atoms with Crippen molar-refractivity contribution >= 4 is 15.7 Å². The minimum Gasteiger partial charge on any atom is -0.361 e. The number of benzene rings is 1. The third-order valence-electron chi connectivity index (χ3n) is 2.79. The molecule has 0 fully saturated rings. The van der Waals surface area contributed by atoms with E-state index >= 15 is 0 Å². The van der Waals surface area contributed by atoms with E-state index in [-0.39, 0.29) is 5.75 Å². The minimum absolute atomic E-state index is 0.277. The van der Waals surface area contributed by atoms with Crippen molar-refractivity contribution < 1.29 is 12.9 Å². The van der Waals surface area contributed by atoms with Crippen LogP contribution < -0.4 is 4.31 Å². The molecule has 0 radical (unpaired) electrons. The fraction of sp³-hybridized carbons (Fsp3) is 0.231. The van der Waals surface area contributed by atoms with Crippen LogP contribution in [0.5, 0.6) is 0 Å². The summed E-state index contributed by atoms with van der Waals surface area (Å²) in [6.07, 6.45) is 0. The highest BCUT2D eigenvalue weighted by Crippen LogP contribution is 2.22. The zero-order valence-corrected chi connectivity index (χ0v) is 11.9. The van der Waals surface area contributed by atoms with Gasteiger partial charge in [-0.05, 0) is 19.1 Å². The van der Waals surface area contributed by atoms with Crippen molar-refractivity contribution in [2.24, 2.45) is 0 Å². The third kappa shape index (κ3) is 2.81. The molecule has 0 aliphatic carbocycles. The summed E-state index contributed by atoms with van der Waals surface area (Å²) < 4.78 is 30.6. The predicted octanol–water partition coefficient (Wildman–Crippen LogP) is 1.82. The van der Waals surface area contributed by atoms with E-state index in [1.165, 1.54) is 7.05 Å². The second-order valence-electron chi connectivity index (χ2n) is 4.28. The molecule has 1 heterocycles. The number of rotatable bonds is 4. The smallest absolute Gasteiger partial charge is 0.240 e. The molecule has 7 heteroatoms. The fourth-order valence-electron chi connectivity index (χ4n) is 1.76. The van der Waals surface area contributed by atoms with Gasteiger partial charge in [0.2, 0.25) is 10.0 Å². The fourth-order valence-corrected chi connectivity index (χ4v) is 2.92. The van der Waals surface area contributed by atoms with Crippen molar-refractivity contribution in [3.63, 3.8) is 0 Å². The second-order valence-corrected chi connectivity index (χ2v) is 6.28. The Morgan fingerprint density at radius 1 is 1.40 bits per heavy atom. The maximum atomic E-state index is 12.3. The van der Waals surface area contributed by atoms with E-state index in [2.05, 4.69) is 5.16 Å². The lowest BCUT2D eigenvalue weighted by Gasteiger charge is -2.19. The highest BCUT2D eigenvalue weighted by Gasteiger charge is 2.22. The molecule has 104 valence electrons.